The van der Waals surface area contributed by atoms with Crippen molar-refractivity contribution < 1.29 is 14.3 Å². The molecule has 1 fully saturated rings. The van der Waals surface area contributed by atoms with Crippen molar-refractivity contribution in [3.05, 3.63) is 48.3 Å². The Kier molecular flexibility index (Phi) is 4.51. The van der Waals surface area contributed by atoms with E-state index in [1.165, 1.54) is 11.8 Å². The van der Waals surface area contributed by atoms with Gasteiger partial charge in [0.1, 0.15) is 5.75 Å². The zero-order valence-electron chi connectivity index (χ0n) is 15.4. The molecule has 1 aliphatic heterocycles. The number of hydrogen-bond acceptors (Lipinski definition) is 7. The summed E-state index contributed by atoms with van der Waals surface area (Å²) in [5.41, 5.74) is 2.01. The predicted molar refractivity (Wildman–Crippen MR) is 107 cm³/mol. The molecule has 1 aliphatic carbocycles. The number of ketones is 1. The van der Waals surface area contributed by atoms with E-state index in [0.29, 0.717) is 23.0 Å². The number of pyridine rings is 1. The van der Waals surface area contributed by atoms with Crippen molar-refractivity contribution in [2.24, 2.45) is 0 Å². The van der Waals surface area contributed by atoms with Gasteiger partial charge in [0, 0.05) is 29.6 Å². The number of fused-ring (bicyclic) bond motifs is 1. The van der Waals surface area contributed by atoms with Gasteiger partial charge in [-0.25, -0.2) is 0 Å². The van der Waals surface area contributed by atoms with E-state index >= 15 is 0 Å². The summed E-state index contributed by atoms with van der Waals surface area (Å²) in [5.74, 6) is 1.34. The van der Waals surface area contributed by atoms with E-state index in [2.05, 4.69) is 25.1 Å². The first-order valence-corrected chi connectivity index (χ1v) is 10.3. The van der Waals surface area contributed by atoms with Crippen LogP contribution < -0.4 is 10.1 Å². The standard InChI is InChI=1S/C20H17N5O3S/c26-16(13-1-4-17-15(9-13)22-18(27)10-28-17)11-29-20-24-23-19(25(20)14-2-3-14)12-5-7-21-8-6-12/h1,4-9,14H,2-3,10-11H2,(H,22,27). The van der Waals surface area contributed by atoms with Crippen LogP contribution in [0.5, 0.6) is 5.75 Å². The molecular weight excluding hydrogens is 390 g/mol. The van der Waals surface area contributed by atoms with E-state index in [1.807, 2.05) is 12.1 Å². The van der Waals surface area contributed by atoms with Gasteiger partial charge in [-0.2, -0.15) is 0 Å². The van der Waals surface area contributed by atoms with Crippen LogP contribution in [0.2, 0.25) is 0 Å². The lowest BCUT2D eigenvalue weighted by Gasteiger charge is -2.18. The summed E-state index contributed by atoms with van der Waals surface area (Å²) in [7, 11) is 0. The number of nitrogens with zero attached hydrogens (tertiary/aromatic N) is 4. The predicted octanol–water partition coefficient (Wildman–Crippen LogP) is 2.98. The van der Waals surface area contributed by atoms with E-state index < -0.39 is 0 Å². The third-order valence-electron chi connectivity index (χ3n) is 4.78. The lowest BCUT2D eigenvalue weighted by atomic mass is 10.1. The Labute approximate surface area is 170 Å². The molecule has 146 valence electrons. The van der Waals surface area contributed by atoms with Gasteiger partial charge in [-0.15, -0.1) is 10.2 Å². The Morgan fingerprint density at radius 3 is 2.83 bits per heavy atom. The number of nitrogens with one attached hydrogen (secondary N) is 1. The third kappa shape index (κ3) is 3.61. The van der Waals surface area contributed by atoms with Crippen molar-refractivity contribution in [2.45, 2.75) is 24.0 Å². The molecule has 0 spiro atoms. The average Bonchev–Trinajstić information content (AvgIpc) is 3.50. The number of hydrogen-bond donors (Lipinski definition) is 1. The molecule has 2 aliphatic rings. The zero-order chi connectivity index (χ0) is 19.8. The van der Waals surface area contributed by atoms with Gasteiger partial charge in [0.25, 0.3) is 5.91 Å². The Bertz CT molecular complexity index is 1090. The molecule has 0 radical (unpaired) electrons. The van der Waals surface area contributed by atoms with Crippen molar-refractivity contribution in [2.75, 3.05) is 17.7 Å². The number of aromatic nitrogens is 4. The Morgan fingerprint density at radius 2 is 2.03 bits per heavy atom. The van der Waals surface area contributed by atoms with Crippen molar-refractivity contribution in [3.8, 4) is 17.1 Å². The summed E-state index contributed by atoms with van der Waals surface area (Å²) in [6, 6.07) is 9.27. The van der Waals surface area contributed by atoms with E-state index in [9.17, 15) is 9.59 Å². The number of carbonyl (C=O) groups excluding carboxylic acids is 2. The van der Waals surface area contributed by atoms with Crippen LogP contribution >= 0.6 is 11.8 Å². The van der Waals surface area contributed by atoms with Gasteiger partial charge < -0.3 is 10.1 Å². The highest BCUT2D eigenvalue weighted by molar-refractivity contribution is 7.99. The fourth-order valence-electron chi connectivity index (χ4n) is 3.21. The quantitative estimate of drug-likeness (QED) is 0.495. The number of Topliss-reactive ketones (excluding diaryl/α,β-unsaturated/α-hetero) is 1. The molecule has 1 amide bonds. The number of ether oxygens (including phenoxy) is 1. The van der Waals surface area contributed by atoms with Crippen LogP contribution in [-0.2, 0) is 4.79 Å². The normalized spacial score (nSPS) is 15.4. The molecule has 1 N–H and O–H groups in total. The van der Waals surface area contributed by atoms with Crippen LogP contribution in [-0.4, -0.2) is 43.8 Å². The minimum absolute atomic E-state index is 0.00716. The van der Waals surface area contributed by atoms with Gasteiger partial charge in [0.15, 0.2) is 23.4 Å². The lowest BCUT2D eigenvalue weighted by molar-refractivity contribution is -0.118. The Balaban J connectivity index is 1.34. The molecule has 0 saturated heterocycles. The van der Waals surface area contributed by atoms with Gasteiger partial charge >= 0.3 is 0 Å². The molecule has 3 aromatic rings. The highest BCUT2D eigenvalue weighted by Crippen LogP contribution is 2.41. The van der Waals surface area contributed by atoms with E-state index in [1.54, 1.807) is 30.6 Å². The molecule has 0 bridgehead atoms. The minimum Gasteiger partial charge on any atom is -0.482 e. The maximum Gasteiger partial charge on any atom is 0.262 e. The molecule has 9 heteroatoms. The topological polar surface area (TPSA) is 99.0 Å². The smallest absolute Gasteiger partial charge is 0.262 e. The Morgan fingerprint density at radius 1 is 1.21 bits per heavy atom. The summed E-state index contributed by atoms with van der Waals surface area (Å²) in [6.45, 7) is -0.00716. The van der Waals surface area contributed by atoms with E-state index in [0.717, 1.165) is 29.4 Å². The molecule has 2 aromatic heterocycles. The van der Waals surface area contributed by atoms with Gasteiger partial charge in [-0.3, -0.25) is 19.1 Å². The number of rotatable bonds is 6. The minimum atomic E-state index is -0.224. The maximum atomic E-state index is 12.7. The van der Waals surface area contributed by atoms with Crippen LogP contribution in [0.15, 0.2) is 47.9 Å². The number of amides is 1. The first-order valence-electron chi connectivity index (χ1n) is 9.27. The monoisotopic (exact) mass is 407 g/mol. The van der Waals surface area contributed by atoms with Gasteiger partial charge in [-0.05, 0) is 43.2 Å². The number of anilines is 1. The first-order chi connectivity index (χ1) is 14.2. The highest BCUT2D eigenvalue weighted by Gasteiger charge is 2.30. The number of thioether (sulfide) groups is 1. The van der Waals surface area contributed by atoms with Crippen molar-refractivity contribution in [1.29, 1.82) is 0 Å². The summed E-state index contributed by atoms with van der Waals surface area (Å²) in [4.78, 5) is 28.3. The molecule has 5 rings (SSSR count). The van der Waals surface area contributed by atoms with Gasteiger partial charge in [0.05, 0.1) is 11.4 Å². The molecule has 0 unspecified atom stereocenters. The van der Waals surface area contributed by atoms with E-state index in [-0.39, 0.29) is 24.1 Å². The fraction of sp³-hybridized carbons (Fsp3) is 0.250. The van der Waals surface area contributed by atoms with Crippen LogP contribution in [0, 0.1) is 0 Å². The lowest BCUT2D eigenvalue weighted by Crippen LogP contribution is -2.25. The molecule has 8 nitrogen and oxygen atoms in total. The largest absolute Gasteiger partial charge is 0.482 e. The number of carbonyl (C=O) groups is 2. The summed E-state index contributed by atoms with van der Waals surface area (Å²) >= 11 is 1.38. The van der Waals surface area contributed by atoms with Gasteiger partial charge in [0.2, 0.25) is 0 Å². The fourth-order valence-corrected chi connectivity index (χ4v) is 4.11. The SMILES string of the molecule is O=C1COc2ccc(C(=O)CSc3nnc(-c4ccncc4)n3C3CC3)cc2N1. The summed E-state index contributed by atoms with van der Waals surface area (Å²) in [5, 5.41) is 12.1. The zero-order valence-corrected chi connectivity index (χ0v) is 16.2. The molecule has 1 saturated carbocycles. The van der Waals surface area contributed by atoms with Crippen molar-refractivity contribution in [3.63, 3.8) is 0 Å². The molecule has 29 heavy (non-hydrogen) atoms. The van der Waals surface area contributed by atoms with Crippen LogP contribution in [0.4, 0.5) is 5.69 Å². The van der Waals surface area contributed by atoms with Crippen molar-refractivity contribution >= 4 is 29.1 Å². The van der Waals surface area contributed by atoms with Crippen molar-refractivity contribution in [1.82, 2.24) is 19.7 Å². The first kappa shape index (κ1) is 17.9. The molecule has 3 heterocycles. The van der Waals surface area contributed by atoms with Crippen LogP contribution in [0.3, 0.4) is 0 Å². The second-order valence-electron chi connectivity index (χ2n) is 6.90. The van der Waals surface area contributed by atoms with Crippen LogP contribution in [0.25, 0.3) is 11.4 Å². The molecule has 1 aromatic carbocycles. The van der Waals surface area contributed by atoms with Gasteiger partial charge in [-0.1, -0.05) is 11.8 Å². The average molecular weight is 407 g/mol. The number of benzene rings is 1. The molecular formula is C20H17N5O3S. The highest BCUT2D eigenvalue weighted by atomic mass is 32.2. The third-order valence-corrected chi connectivity index (χ3v) is 5.72. The van der Waals surface area contributed by atoms with E-state index in [4.69, 9.17) is 4.74 Å². The second kappa shape index (κ2) is 7.32. The summed E-state index contributed by atoms with van der Waals surface area (Å²) < 4.78 is 7.46. The maximum absolute atomic E-state index is 12.7. The van der Waals surface area contributed by atoms with Crippen LogP contribution in [0.1, 0.15) is 29.2 Å². The Hall–Kier alpha value is -3.20. The second-order valence-corrected chi connectivity index (χ2v) is 7.85. The molecule has 0 atom stereocenters. The summed E-state index contributed by atoms with van der Waals surface area (Å²) in [6.07, 6.45) is 5.64.